The summed E-state index contributed by atoms with van der Waals surface area (Å²) in [7, 11) is 1.69. The fourth-order valence-electron chi connectivity index (χ4n) is 7.28. The molecule has 0 aromatic heterocycles. The van der Waals surface area contributed by atoms with Gasteiger partial charge < -0.3 is 14.9 Å². The Morgan fingerprint density at radius 1 is 1.18 bits per heavy atom. The van der Waals surface area contributed by atoms with Crippen molar-refractivity contribution in [2.24, 2.45) is 17.3 Å². The summed E-state index contributed by atoms with van der Waals surface area (Å²) in [4.78, 5) is 12.2. The van der Waals surface area contributed by atoms with Gasteiger partial charge in [-0.05, 0) is 99.1 Å². The van der Waals surface area contributed by atoms with Crippen LogP contribution < -0.4 is 4.74 Å². The highest BCUT2D eigenvalue weighted by Crippen LogP contribution is 2.66. The second-order valence-electron chi connectivity index (χ2n) is 11.5. The second kappa shape index (κ2) is 8.11. The molecule has 0 bridgehead atoms. The minimum absolute atomic E-state index is 0.141. The Morgan fingerprint density at radius 2 is 1.97 bits per heavy atom. The van der Waals surface area contributed by atoms with Crippen LogP contribution in [-0.4, -0.2) is 34.3 Å². The van der Waals surface area contributed by atoms with Crippen LogP contribution in [0.2, 0.25) is 0 Å². The Balaban J connectivity index is 1.67. The highest BCUT2D eigenvalue weighted by molar-refractivity contribution is 5.93. The van der Waals surface area contributed by atoms with E-state index in [4.69, 9.17) is 4.74 Å². The van der Waals surface area contributed by atoms with E-state index >= 15 is 0 Å². The Kier molecular flexibility index (Phi) is 5.58. The molecule has 0 unspecified atom stereocenters. The molecule has 1 aromatic rings. The second-order valence-corrected chi connectivity index (χ2v) is 11.5. The maximum absolute atomic E-state index is 12.2. The minimum Gasteiger partial charge on any atom is -0.497 e. The van der Waals surface area contributed by atoms with E-state index in [1.54, 1.807) is 21.0 Å². The third-order valence-corrected chi connectivity index (χ3v) is 8.96. The van der Waals surface area contributed by atoms with Crippen molar-refractivity contribution in [3.63, 3.8) is 0 Å². The van der Waals surface area contributed by atoms with E-state index in [9.17, 15) is 15.0 Å². The van der Waals surface area contributed by atoms with Crippen LogP contribution in [-0.2, 0) is 4.79 Å². The summed E-state index contributed by atoms with van der Waals surface area (Å²) >= 11 is 0. The van der Waals surface area contributed by atoms with E-state index in [2.05, 4.69) is 30.9 Å². The molecule has 5 rings (SSSR count). The summed E-state index contributed by atoms with van der Waals surface area (Å²) in [6.45, 7) is 5.55. The van der Waals surface area contributed by atoms with Crippen LogP contribution in [0.5, 0.6) is 5.75 Å². The van der Waals surface area contributed by atoms with Crippen molar-refractivity contribution in [1.82, 2.24) is 0 Å². The molecule has 4 nitrogen and oxygen atoms in total. The van der Waals surface area contributed by atoms with Crippen LogP contribution in [0.1, 0.15) is 77.2 Å². The summed E-state index contributed by atoms with van der Waals surface area (Å²) in [5, 5.41) is 22.2. The monoisotopic (exact) mass is 460 g/mol. The van der Waals surface area contributed by atoms with Crippen molar-refractivity contribution in [1.29, 1.82) is 0 Å². The molecule has 5 atom stereocenters. The highest BCUT2D eigenvalue weighted by atomic mass is 16.5. The molecule has 2 N–H and O–H groups in total. The smallest absolute Gasteiger partial charge is 0.156 e. The third-order valence-electron chi connectivity index (χ3n) is 8.96. The fraction of sp³-hybridized carbons (Fsp3) is 0.567. The van der Waals surface area contributed by atoms with Gasteiger partial charge in [-0.15, -0.1) is 0 Å². The average Bonchev–Trinajstić information content (AvgIpc) is 3.07. The number of hydrogen-bond acceptors (Lipinski definition) is 4. The van der Waals surface area contributed by atoms with Crippen LogP contribution >= 0.6 is 0 Å². The zero-order valence-corrected chi connectivity index (χ0v) is 20.8. The van der Waals surface area contributed by atoms with Gasteiger partial charge in [0.1, 0.15) is 17.0 Å². The number of fused-ring (bicyclic) bond motifs is 4. The van der Waals surface area contributed by atoms with Gasteiger partial charge in [0.05, 0.1) is 7.11 Å². The molecular formula is C30H36O4. The Bertz CT molecular complexity index is 1140. The Labute approximate surface area is 203 Å². The van der Waals surface area contributed by atoms with E-state index < -0.39 is 11.2 Å². The quantitative estimate of drug-likeness (QED) is 0.603. The third kappa shape index (κ3) is 3.74. The average molecular weight is 461 g/mol. The van der Waals surface area contributed by atoms with Crippen LogP contribution in [0.3, 0.4) is 0 Å². The zero-order valence-electron chi connectivity index (χ0n) is 20.8. The predicted molar refractivity (Wildman–Crippen MR) is 132 cm³/mol. The molecular weight excluding hydrogens is 424 g/mol. The number of carbonyl (C=O) groups is 1. The maximum atomic E-state index is 12.2. The van der Waals surface area contributed by atoms with Crippen molar-refractivity contribution >= 4 is 5.78 Å². The lowest BCUT2D eigenvalue weighted by molar-refractivity contribution is -0.114. The van der Waals surface area contributed by atoms with E-state index in [0.29, 0.717) is 24.7 Å². The van der Waals surface area contributed by atoms with E-state index in [1.165, 1.54) is 22.3 Å². The highest BCUT2D eigenvalue weighted by Gasteiger charge is 2.62. The number of aliphatic hydroxyl groups is 2. The lowest BCUT2D eigenvalue weighted by atomic mass is 9.51. The molecule has 0 amide bonds. The summed E-state index contributed by atoms with van der Waals surface area (Å²) in [5.41, 5.74) is 2.65. The number of hydrogen-bond donors (Lipinski definition) is 2. The molecule has 180 valence electrons. The molecule has 0 heterocycles. The van der Waals surface area contributed by atoms with Gasteiger partial charge in [0.2, 0.25) is 0 Å². The summed E-state index contributed by atoms with van der Waals surface area (Å²) < 4.78 is 5.56. The lowest BCUT2D eigenvalue weighted by Gasteiger charge is -2.53. The molecule has 1 aromatic carbocycles. The van der Waals surface area contributed by atoms with Gasteiger partial charge in [-0.3, -0.25) is 4.79 Å². The first kappa shape index (κ1) is 23.4. The lowest BCUT2D eigenvalue weighted by Crippen LogP contribution is -2.51. The molecule has 34 heavy (non-hydrogen) atoms. The van der Waals surface area contributed by atoms with Crippen LogP contribution in [0.15, 0.2) is 47.1 Å². The number of benzene rings is 1. The SMILES string of the molecule is COc1cccc([C@H]2C[C@@]3(C)[C@@H](CC[C@@]3(O)C#CC(C)(C)O)[C@@H]3CCC4=CC(=O)CCC4=C32)c1. The largest absolute Gasteiger partial charge is 0.497 e. The van der Waals surface area contributed by atoms with Crippen molar-refractivity contribution in [2.45, 2.75) is 82.8 Å². The Morgan fingerprint density at radius 3 is 2.71 bits per heavy atom. The number of allylic oxidation sites excluding steroid dienone is 4. The summed E-state index contributed by atoms with van der Waals surface area (Å²) in [6.07, 6.45) is 7.58. The van der Waals surface area contributed by atoms with Crippen molar-refractivity contribution in [3.8, 4) is 17.6 Å². The van der Waals surface area contributed by atoms with Gasteiger partial charge >= 0.3 is 0 Å². The molecule has 0 radical (unpaired) electrons. The molecule has 4 aliphatic rings. The van der Waals surface area contributed by atoms with E-state index in [0.717, 1.165) is 37.9 Å². The first-order valence-corrected chi connectivity index (χ1v) is 12.6. The van der Waals surface area contributed by atoms with Crippen molar-refractivity contribution in [2.75, 3.05) is 7.11 Å². The van der Waals surface area contributed by atoms with Gasteiger partial charge in [-0.1, -0.05) is 36.5 Å². The topological polar surface area (TPSA) is 66.8 Å². The predicted octanol–water partition coefficient (Wildman–Crippen LogP) is 5.10. The van der Waals surface area contributed by atoms with Crippen LogP contribution in [0.4, 0.5) is 0 Å². The zero-order chi connectivity index (χ0) is 24.3. The number of ketones is 1. The maximum Gasteiger partial charge on any atom is 0.156 e. The van der Waals surface area contributed by atoms with Crippen LogP contribution in [0.25, 0.3) is 0 Å². The standard InChI is InChI=1S/C30H36O4/c1-28(2,32)14-15-30(33)13-12-26-24-10-8-20-16-21(31)9-11-23(20)27(24)25(18-29(26,30)3)19-6-5-7-22(17-19)34-4/h5-7,16-17,24-26,32-33H,8-13,18H2,1-4H3/t24-,25+,26-,29-,30+/m0/s1. The first-order valence-electron chi connectivity index (χ1n) is 12.6. The normalized spacial score (nSPS) is 34.9. The molecule has 4 aliphatic carbocycles. The number of carbonyl (C=O) groups excluding carboxylic acids is 1. The first-order chi connectivity index (χ1) is 16.0. The minimum atomic E-state index is -1.14. The van der Waals surface area contributed by atoms with E-state index in [-0.39, 0.29) is 17.1 Å². The van der Waals surface area contributed by atoms with Gasteiger partial charge in [-0.2, -0.15) is 0 Å². The molecule has 0 saturated heterocycles. The number of rotatable bonds is 2. The number of methoxy groups -OCH3 is 1. The Hall–Kier alpha value is -2.35. The molecule has 0 spiro atoms. The summed E-state index contributed by atoms with van der Waals surface area (Å²) in [5.74, 6) is 8.00. The van der Waals surface area contributed by atoms with E-state index in [1.807, 2.05) is 18.2 Å². The van der Waals surface area contributed by atoms with Gasteiger partial charge in [-0.25, -0.2) is 0 Å². The van der Waals surface area contributed by atoms with Crippen LogP contribution in [0, 0.1) is 29.1 Å². The fourth-order valence-corrected chi connectivity index (χ4v) is 7.28. The van der Waals surface area contributed by atoms with Gasteiger partial charge in [0.15, 0.2) is 5.78 Å². The molecule has 2 saturated carbocycles. The van der Waals surface area contributed by atoms with Gasteiger partial charge in [0.25, 0.3) is 0 Å². The van der Waals surface area contributed by atoms with Gasteiger partial charge in [0, 0.05) is 17.8 Å². The number of ether oxygens (including phenoxy) is 1. The molecule has 4 heteroatoms. The summed E-state index contributed by atoms with van der Waals surface area (Å²) in [6, 6.07) is 8.31. The van der Waals surface area contributed by atoms with Crippen molar-refractivity contribution < 1.29 is 19.7 Å². The van der Waals surface area contributed by atoms with Crippen molar-refractivity contribution in [3.05, 3.63) is 52.6 Å². The molecule has 2 fully saturated rings. The molecule has 0 aliphatic heterocycles.